The summed E-state index contributed by atoms with van der Waals surface area (Å²) in [6.07, 6.45) is 1.17. The highest BCUT2D eigenvalue weighted by atomic mass is 19.1. The number of halogens is 1. The normalized spacial score (nSPS) is 22.8. The maximum atomic E-state index is 14.0. The van der Waals surface area contributed by atoms with Crippen molar-refractivity contribution in [1.29, 1.82) is 0 Å². The van der Waals surface area contributed by atoms with Gasteiger partial charge in [-0.15, -0.1) is 0 Å². The van der Waals surface area contributed by atoms with E-state index in [1.807, 2.05) is 0 Å². The standard InChI is InChI=1S/C16H22FN3O2/c1-22-13-2-3-14(15(17)10-13)16(21)20-8-6-19(7-9-20)12-4-5-18-11-12/h2-3,10,12,18H,4-9,11H2,1H3. The lowest BCUT2D eigenvalue weighted by molar-refractivity contribution is 0.0579. The Morgan fingerprint density at radius 1 is 1.32 bits per heavy atom. The number of carbonyl (C=O) groups excluding carboxylic acids is 1. The summed E-state index contributed by atoms with van der Waals surface area (Å²) in [5.74, 6) is -0.330. The van der Waals surface area contributed by atoms with E-state index in [2.05, 4.69) is 10.2 Å². The highest BCUT2D eigenvalue weighted by molar-refractivity contribution is 5.94. The number of carbonyl (C=O) groups is 1. The Morgan fingerprint density at radius 2 is 2.09 bits per heavy atom. The van der Waals surface area contributed by atoms with Crippen LogP contribution in [0.25, 0.3) is 0 Å². The largest absolute Gasteiger partial charge is 0.497 e. The molecule has 0 radical (unpaired) electrons. The van der Waals surface area contributed by atoms with Crippen molar-refractivity contribution in [2.24, 2.45) is 0 Å². The van der Waals surface area contributed by atoms with Gasteiger partial charge in [-0.1, -0.05) is 0 Å². The molecule has 2 aliphatic rings. The van der Waals surface area contributed by atoms with Crippen LogP contribution in [0.3, 0.4) is 0 Å². The van der Waals surface area contributed by atoms with Crippen molar-refractivity contribution in [2.45, 2.75) is 12.5 Å². The molecule has 0 aliphatic carbocycles. The Hall–Kier alpha value is -1.66. The quantitative estimate of drug-likeness (QED) is 0.903. The van der Waals surface area contributed by atoms with Gasteiger partial charge in [-0.05, 0) is 25.1 Å². The van der Waals surface area contributed by atoms with Crippen molar-refractivity contribution in [3.63, 3.8) is 0 Å². The van der Waals surface area contributed by atoms with Gasteiger partial charge in [-0.2, -0.15) is 0 Å². The topological polar surface area (TPSA) is 44.8 Å². The van der Waals surface area contributed by atoms with E-state index in [0.29, 0.717) is 24.9 Å². The van der Waals surface area contributed by atoms with E-state index < -0.39 is 5.82 Å². The summed E-state index contributed by atoms with van der Waals surface area (Å²) in [5, 5.41) is 3.36. The minimum atomic E-state index is -0.522. The molecule has 2 aliphatic heterocycles. The first kappa shape index (κ1) is 15.2. The van der Waals surface area contributed by atoms with Gasteiger partial charge in [0, 0.05) is 44.8 Å². The summed E-state index contributed by atoms with van der Waals surface area (Å²) in [5.41, 5.74) is 0.122. The highest BCUT2D eigenvalue weighted by Gasteiger charge is 2.29. The minimum absolute atomic E-state index is 0.122. The van der Waals surface area contributed by atoms with E-state index >= 15 is 0 Å². The average Bonchev–Trinajstić information content (AvgIpc) is 3.08. The van der Waals surface area contributed by atoms with Crippen molar-refractivity contribution < 1.29 is 13.9 Å². The molecule has 1 unspecified atom stereocenters. The molecule has 1 aromatic rings. The second kappa shape index (κ2) is 6.62. The molecule has 1 N–H and O–H groups in total. The number of amides is 1. The first-order valence-corrected chi connectivity index (χ1v) is 7.76. The average molecular weight is 307 g/mol. The second-order valence-electron chi connectivity index (χ2n) is 5.82. The van der Waals surface area contributed by atoms with Crippen LogP contribution in [0.15, 0.2) is 18.2 Å². The molecule has 2 heterocycles. The molecule has 0 aromatic heterocycles. The zero-order valence-electron chi connectivity index (χ0n) is 12.8. The number of methoxy groups -OCH3 is 1. The molecule has 1 atom stereocenters. The Kier molecular flexibility index (Phi) is 4.59. The summed E-state index contributed by atoms with van der Waals surface area (Å²) in [6, 6.07) is 4.96. The number of ether oxygens (including phenoxy) is 1. The molecule has 2 saturated heterocycles. The van der Waals surface area contributed by atoms with Crippen LogP contribution in [-0.2, 0) is 0 Å². The van der Waals surface area contributed by atoms with E-state index in [-0.39, 0.29) is 11.5 Å². The third-order valence-electron chi connectivity index (χ3n) is 4.56. The van der Waals surface area contributed by atoms with E-state index in [0.717, 1.165) is 26.2 Å². The second-order valence-corrected chi connectivity index (χ2v) is 5.82. The Morgan fingerprint density at radius 3 is 2.68 bits per heavy atom. The van der Waals surface area contributed by atoms with Crippen molar-refractivity contribution in [3.05, 3.63) is 29.6 Å². The third-order valence-corrected chi connectivity index (χ3v) is 4.56. The molecule has 1 amide bonds. The number of benzene rings is 1. The molecule has 0 saturated carbocycles. The maximum absolute atomic E-state index is 14.0. The molecule has 0 bridgehead atoms. The van der Waals surface area contributed by atoms with E-state index in [9.17, 15) is 9.18 Å². The van der Waals surface area contributed by atoms with Gasteiger partial charge in [0.05, 0.1) is 12.7 Å². The number of nitrogens with zero attached hydrogens (tertiary/aromatic N) is 2. The SMILES string of the molecule is COc1ccc(C(=O)N2CCN(C3CCNC3)CC2)c(F)c1. The number of hydrogen-bond donors (Lipinski definition) is 1. The summed E-state index contributed by atoms with van der Waals surface area (Å²) in [4.78, 5) is 16.6. The van der Waals surface area contributed by atoms with E-state index in [4.69, 9.17) is 4.74 Å². The molecule has 0 spiro atoms. The summed E-state index contributed by atoms with van der Waals surface area (Å²) < 4.78 is 19.0. The molecular weight excluding hydrogens is 285 g/mol. The third kappa shape index (κ3) is 3.08. The first-order chi connectivity index (χ1) is 10.7. The zero-order valence-corrected chi connectivity index (χ0v) is 12.8. The predicted molar refractivity (Wildman–Crippen MR) is 81.7 cm³/mol. The van der Waals surface area contributed by atoms with Crippen LogP contribution in [0.2, 0.25) is 0 Å². The van der Waals surface area contributed by atoms with Crippen LogP contribution in [0.1, 0.15) is 16.8 Å². The van der Waals surface area contributed by atoms with Crippen molar-refractivity contribution in [1.82, 2.24) is 15.1 Å². The van der Waals surface area contributed by atoms with Crippen LogP contribution in [0, 0.1) is 5.82 Å². The Bertz CT molecular complexity index is 538. The van der Waals surface area contributed by atoms with Crippen molar-refractivity contribution >= 4 is 5.91 Å². The predicted octanol–water partition coefficient (Wildman–Crippen LogP) is 0.954. The fourth-order valence-electron chi connectivity index (χ4n) is 3.21. The summed E-state index contributed by atoms with van der Waals surface area (Å²) in [6.45, 7) is 5.12. The van der Waals surface area contributed by atoms with Gasteiger partial charge in [0.1, 0.15) is 11.6 Å². The highest BCUT2D eigenvalue weighted by Crippen LogP contribution is 2.19. The van der Waals surface area contributed by atoms with Gasteiger partial charge >= 0.3 is 0 Å². The fourth-order valence-corrected chi connectivity index (χ4v) is 3.21. The lowest BCUT2D eigenvalue weighted by atomic mass is 10.1. The van der Waals surface area contributed by atoms with Crippen molar-refractivity contribution in [3.8, 4) is 5.75 Å². The number of nitrogens with one attached hydrogen (secondary N) is 1. The molecular formula is C16H22FN3O2. The Balaban J connectivity index is 1.62. The first-order valence-electron chi connectivity index (χ1n) is 7.76. The van der Waals surface area contributed by atoms with Crippen LogP contribution in [-0.4, -0.2) is 68.1 Å². The van der Waals surface area contributed by atoms with Crippen LogP contribution in [0.5, 0.6) is 5.75 Å². The van der Waals surface area contributed by atoms with Gasteiger partial charge in [-0.25, -0.2) is 4.39 Å². The van der Waals surface area contributed by atoms with Gasteiger partial charge in [0.2, 0.25) is 0 Å². The molecule has 22 heavy (non-hydrogen) atoms. The summed E-state index contributed by atoms with van der Waals surface area (Å²) in [7, 11) is 1.48. The summed E-state index contributed by atoms with van der Waals surface area (Å²) >= 11 is 0. The molecule has 5 nitrogen and oxygen atoms in total. The van der Waals surface area contributed by atoms with Crippen LogP contribution >= 0.6 is 0 Å². The lowest BCUT2D eigenvalue weighted by Gasteiger charge is -2.37. The van der Waals surface area contributed by atoms with Crippen molar-refractivity contribution in [2.75, 3.05) is 46.4 Å². The lowest BCUT2D eigenvalue weighted by Crippen LogP contribution is -2.52. The molecule has 1 aromatic carbocycles. The maximum Gasteiger partial charge on any atom is 0.256 e. The van der Waals surface area contributed by atoms with E-state index in [1.54, 1.807) is 11.0 Å². The monoisotopic (exact) mass is 307 g/mol. The number of rotatable bonds is 3. The zero-order chi connectivity index (χ0) is 15.5. The van der Waals surface area contributed by atoms with Crippen LogP contribution < -0.4 is 10.1 Å². The fraction of sp³-hybridized carbons (Fsp3) is 0.562. The molecule has 3 rings (SSSR count). The molecule has 120 valence electrons. The number of piperazine rings is 1. The Labute approximate surface area is 130 Å². The van der Waals surface area contributed by atoms with Gasteiger partial charge in [-0.3, -0.25) is 9.69 Å². The minimum Gasteiger partial charge on any atom is -0.497 e. The van der Waals surface area contributed by atoms with Crippen LogP contribution in [0.4, 0.5) is 4.39 Å². The van der Waals surface area contributed by atoms with Gasteiger partial charge < -0.3 is 15.0 Å². The smallest absolute Gasteiger partial charge is 0.256 e. The number of hydrogen-bond acceptors (Lipinski definition) is 4. The molecule has 2 fully saturated rings. The molecule has 6 heteroatoms. The van der Waals surface area contributed by atoms with Gasteiger partial charge in [0.15, 0.2) is 0 Å². The van der Waals surface area contributed by atoms with E-state index in [1.165, 1.54) is 25.7 Å². The van der Waals surface area contributed by atoms with Gasteiger partial charge in [0.25, 0.3) is 5.91 Å².